The lowest BCUT2D eigenvalue weighted by Gasteiger charge is -2.09. The molecular weight excluding hydrogens is 348 g/mol. The minimum Gasteiger partial charge on any atom is -0.456 e. The van der Waals surface area contributed by atoms with Gasteiger partial charge in [0.1, 0.15) is 6.61 Å². The van der Waals surface area contributed by atoms with Crippen molar-refractivity contribution < 1.29 is 9.53 Å². The molecule has 0 radical (unpaired) electrons. The lowest BCUT2D eigenvalue weighted by atomic mass is 10.1. The highest BCUT2D eigenvalue weighted by Crippen LogP contribution is 2.23. The van der Waals surface area contributed by atoms with Crippen LogP contribution in [0.25, 0.3) is 22.6 Å². The highest BCUT2D eigenvalue weighted by molar-refractivity contribution is 5.89. The molecule has 0 amide bonds. The van der Waals surface area contributed by atoms with Gasteiger partial charge >= 0.3 is 5.97 Å². The Kier molecular flexibility index (Phi) is 5.20. The molecular formula is C24H18N2O2. The van der Waals surface area contributed by atoms with Gasteiger partial charge in [0, 0.05) is 11.1 Å². The summed E-state index contributed by atoms with van der Waals surface area (Å²) in [7, 11) is 0. The monoisotopic (exact) mass is 366 g/mol. The molecule has 0 aliphatic heterocycles. The standard InChI is InChI=1S/C24H18N2O2/c27-24(28-17-18-10-4-1-5-11-18)22-16-21(19-12-6-2-7-13-19)25-23(26-22)20-14-8-3-9-15-20/h1-16H,17H2. The predicted molar refractivity (Wildman–Crippen MR) is 108 cm³/mol. The molecule has 0 bridgehead atoms. The number of nitrogens with zero attached hydrogens (tertiary/aromatic N) is 2. The van der Waals surface area contributed by atoms with Crippen LogP contribution in [0.3, 0.4) is 0 Å². The second-order valence-electron chi connectivity index (χ2n) is 6.26. The van der Waals surface area contributed by atoms with E-state index < -0.39 is 5.97 Å². The molecule has 0 spiro atoms. The molecule has 4 aromatic rings. The Bertz CT molecular complexity index is 1010. The molecule has 0 saturated carbocycles. The fraction of sp³-hybridized carbons (Fsp3) is 0.0417. The molecule has 0 aliphatic carbocycles. The summed E-state index contributed by atoms with van der Waals surface area (Å²) in [6, 6.07) is 30.6. The number of aromatic nitrogens is 2. The van der Waals surface area contributed by atoms with E-state index in [0.29, 0.717) is 11.5 Å². The fourth-order valence-electron chi connectivity index (χ4n) is 2.82. The molecule has 0 unspecified atom stereocenters. The van der Waals surface area contributed by atoms with Crippen LogP contribution in [0.2, 0.25) is 0 Å². The Balaban J connectivity index is 1.68. The summed E-state index contributed by atoms with van der Waals surface area (Å²) in [5.74, 6) is 0.0224. The number of esters is 1. The van der Waals surface area contributed by atoms with Crippen LogP contribution in [0.15, 0.2) is 97.1 Å². The normalized spacial score (nSPS) is 10.4. The van der Waals surface area contributed by atoms with Gasteiger partial charge in [-0.05, 0) is 11.6 Å². The lowest BCUT2D eigenvalue weighted by Crippen LogP contribution is -2.09. The molecule has 0 fully saturated rings. The topological polar surface area (TPSA) is 52.1 Å². The molecule has 136 valence electrons. The Labute approximate surface area is 163 Å². The van der Waals surface area contributed by atoms with Gasteiger partial charge in [0.25, 0.3) is 0 Å². The van der Waals surface area contributed by atoms with Crippen molar-refractivity contribution in [2.24, 2.45) is 0 Å². The van der Waals surface area contributed by atoms with Gasteiger partial charge in [-0.3, -0.25) is 0 Å². The largest absolute Gasteiger partial charge is 0.456 e. The summed E-state index contributed by atoms with van der Waals surface area (Å²) in [5, 5.41) is 0. The van der Waals surface area contributed by atoms with Crippen molar-refractivity contribution in [2.75, 3.05) is 0 Å². The van der Waals surface area contributed by atoms with E-state index in [4.69, 9.17) is 4.74 Å². The molecule has 3 aromatic carbocycles. The van der Waals surface area contributed by atoms with Crippen molar-refractivity contribution in [3.8, 4) is 22.6 Å². The Morgan fingerprint density at radius 2 is 1.29 bits per heavy atom. The molecule has 4 rings (SSSR count). The number of hydrogen-bond donors (Lipinski definition) is 0. The summed E-state index contributed by atoms with van der Waals surface area (Å²) in [5.41, 5.74) is 3.61. The third-order valence-electron chi connectivity index (χ3n) is 4.25. The minimum atomic E-state index is -0.472. The Morgan fingerprint density at radius 3 is 1.93 bits per heavy atom. The number of carbonyl (C=O) groups excluding carboxylic acids is 1. The molecule has 0 atom stereocenters. The molecule has 28 heavy (non-hydrogen) atoms. The molecule has 0 N–H and O–H groups in total. The maximum atomic E-state index is 12.7. The Morgan fingerprint density at radius 1 is 0.714 bits per heavy atom. The highest BCUT2D eigenvalue weighted by Gasteiger charge is 2.15. The summed E-state index contributed by atoms with van der Waals surface area (Å²) in [6.07, 6.45) is 0. The average molecular weight is 366 g/mol. The third-order valence-corrected chi connectivity index (χ3v) is 4.25. The van der Waals surface area contributed by atoms with Crippen molar-refractivity contribution in [2.45, 2.75) is 6.61 Å². The number of rotatable bonds is 5. The molecule has 0 saturated heterocycles. The summed E-state index contributed by atoms with van der Waals surface area (Å²) in [4.78, 5) is 21.8. The van der Waals surface area contributed by atoms with Gasteiger partial charge < -0.3 is 4.74 Å². The zero-order valence-electron chi connectivity index (χ0n) is 15.2. The first-order valence-electron chi connectivity index (χ1n) is 9.00. The van der Waals surface area contributed by atoms with Crippen LogP contribution in [-0.4, -0.2) is 15.9 Å². The van der Waals surface area contributed by atoms with Crippen LogP contribution in [0.1, 0.15) is 16.1 Å². The second kappa shape index (κ2) is 8.27. The van der Waals surface area contributed by atoms with Crippen LogP contribution < -0.4 is 0 Å². The third kappa shape index (κ3) is 4.13. The van der Waals surface area contributed by atoms with Crippen LogP contribution in [0.4, 0.5) is 0 Å². The number of benzene rings is 3. The van der Waals surface area contributed by atoms with E-state index in [-0.39, 0.29) is 12.3 Å². The van der Waals surface area contributed by atoms with Gasteiger partial charge in [0.05, 0.1) is 5.69 Å². The number of carbonyl (C=O) groups is 1. The molecule has 1 heterocycles. The quantitative estimate of drug-likeness (QED) is 0.457. The van der Waals surface area contributed by atoms with E-state index in [9.17, 15) is 4.79 Å². The van der Waals surface area contributed by atoms with Crippen molar-refractivity contribution in [1.82, 2.24) is 9.97 Å². The van der Waals surface area contributed by atoms with E-state index in [1.165, 1.54) is 0 Å². The van der Waals surface area contributed by atoms with Gasteiger partial charge in [0.2, 0.25) is 0 Å². The van der Waals surface area contributed by atoms with Crippen LogP contribution in [0.5, 0.6) is 0 Å². The maximum Gasteiger partial charge on any atom is 0.357 e. The molecule has 1 aromatic heterocycles. The number of hydrogen-bond acceptors (Lipinski definition) is 4. The van der Waals surface area contributed by atoms with E-state index in [2.05, 4.69) is 9.97 Å². The van der Waals surface area contributed by atoms with Gasteiger partial charge in [-0.1, -0.05) is 91.0 Å². The SMILES string of the molecule is O=C(OCc1ccccc1)c1cc(-c2ccccc2)nc(-c2ccccc2)n1. The van der Waals surface area contributed by atoms with Gasteiger partial charge in [0.15, 0.2) is 11.5 Å². The first-order valence-corrected chi connectivity index (χ1v) is 9.00. The lowest BCUT2D eigenvalue weighted by molar-refractivity contribution is 0.0465. The van der Waals surface area contributed by atoms with E-state index in [1.54, 1.807) is 6.07 Å². The summed E-state index contributed by atoms with van der Waals surface area (Å²) in [6.45, 7) is 0.199. The van der Waals surface area contributed by atoms with Crippen molar-refractivity contribution >= 4 is 5.97 Å². The van der Waals surface area contributed by atoms with Crippen LogP contribution >= 0.6 is 0 Å². The number of ether oxygens (including phenoxy) is 1. The van der Waals surface area contributed by atoms with Crippen molar-refractivity contribution in [3.63, 3.8) is 0 Å². The van der Waals surface area contributed by atoms with Crippen molar-refractivity contribution in [1.29, 1.82) is 0 Å². The summed E-state index contributed by atoms with van der Waals surface area (Å²) < 4.78 is 5.47. The second-order valence-corrected chi connectivity index (χ2v) is 6.26. The predicted octanol–water partition coefficient (Wildman–Crippen LogP) is 5.17. The van der Waals surface area contributed by atoms with Gasteiger partial charge in [-0.25, -0.2) is 14.8 Å². The first kappa shape index (κ1) is 17.6. The fourth-order valence-corrected chi connectivity index (χ4v) is 2.82. The Hall–Kier alpha value is -3.79. The van der Waals surface area contributed by atoms with Gasteiger partial charge in [-0.2, -0.15) is 0 Å². The minimum absolute atomic E-state index is 0.199. The maximum absolute atomic E-state index is 12.7. The zero-order valence-corrected chi connectivity index (χ0v) is 15.2. The van der Waals surface area contributed by atoms with Crippen molar-refractivity contribution in [3.05, 3.63) is 108 Å². The van der Waals surface area contributed by atoms with Crippen LogP contribution in [-0.2, 0) is 11.3 Å². The average Bonchev–Trinajstić information content (AvgIpc) is 2.79. The molecule has 0 aliphatic rings. The first-order chi connectivity index (χ1) is 13.8. The molecule has 4 heteroatoms. The van der Waals surface area contributed by atoms with E-state index in [0.717, 1.165) is 16.7 Å². The zero-order chi connectivity index (χ0) is 19.2. The summed E-state index contributed by atoms with van der Waals surface area (Å²) >= 11 is 0. The van der Waals surface area contributed by atoms with Crippen LogP contribution in [0, 0.1) is 0 Å². The molecule has 4 nitrogen and oxygen atoms in total. The smallest absolute Gasteiger partial charge is 0.357 e. The van der Waals surface area contributed by atoms with E-state index in [1.807, 2.05) is 91.0 Å². The van der Waals surface area contributed by atoms with Gasteiger partial charge in [-0.15, -0.1) is 0 Å². The van der Waals surface area contributed by atoms with E-state index >= 15 is 0 Å². The highest BCUT2D eigenvalue weighted by atomic mass is 16.5.